The first kappa shape index (κ1) is 52.3. The van der Waals surface area contributed by atoms with Crippen LogP contribution in [0.15, 0.2) is 28.7 Å². The van der Waals surface area contributed by atoms with E-state index < -0.39 is 71.5 Å². The van der Waals surface area contributed by atoms with Crippen LogP contribution in [-0.4, -0.2) is 113 Å². The number of hydrogen-bond donors (Lipinski definition) is 10. The molecule has 1 rings (SSSR count). The molecule has 55 heavy (non-hydrogen) atoms. The summed E-state index contributed by atoms with van der Waals surface area (Å²) < 4.78 is 0.727. The predicted octanol–water partition coefficient (Wildman–Crippen LogP) is 3.37. The first-order chi connectivity index (χ1) is 25.8. The van der Waals surface area contributed by atoms with E-state index in [2.05, 4.69) is 26.6 Å². The molecule has 0 radical (unpaired) electrons. The molecule has 310 valence electrons. The van der Waals surface area contributed by atoms with Gasteiger partial charge in [-0.05, 0) is 56.4 Å². The fourth-order valence-electron chi connectivity index (χ4n) is 3.86. The highest BCUT2D eigenvalue weighted by molar-refractivity contribution is 9.10. The number of aliphatic carboxylic acids is 6. The maximum atomic E-state index is 12.2. The molecule has 20 nitrogen and oxygen atoms in total. The van der Waals surface area contributed by atoms with Crippen molar-refractivity contribution < 1.29 is 79.0 Å². The number of hydroxylamine groups is 1. The Kier molecular flexibility index (Phi) is 30.0. The third-order valence-corrected chi connectivity index (χ3v) is 8.19. The van der Waals surface area contributed by atoms with Gasteiger partial charge in [-0.3, -0.25) is 48.4 Å². The number of carboxylic acids is 6. The Morgan fingerprint density at radius 1 is 0.655 bits per heavy atom. The molecule has 0 fully saturated rings. The van der Waals surface area contributed by atoms with E-state index in [1.807, 2.05) is 0 Å². The van der Waals surface area contributed by atoms with Crippen LogP contribution in [0.2, 0.25) is 0 Å². The van der Waals surface area contributed by atoms with E-state index in [0.29, 0.717) is 42.5 Å². The zero-order chi connectivity index (χ0) is 42.3. The summed E-state index contributed by atoms with van der Waals surface area (Å²) in [5.41, 5.74) is 5.49. The smallest absolute Gasteiger partial charge is 0.322 e. The average Bonchev–Trinajstić information content (AvgIpc) is 3.10. The molecule has 0 aromatic heterocycles. The van der Waals surface area contributed by atoms with Crippen molar-refractivity contribution in [1.82, 2.24) is 10.6 Å². The summed E-state index contributed by atoms with van der Waals surface area (Å²) in [4.78, 5) is 98.0. The zero-order valence-electron chi connectivity index (χ0n) is 29.9. The number of anilines is 1. The lowest BCUT2D eigenvalue weighted by Crippen LogP contribution is -2.50. The predicted molar refractivity (Wildman–Crippen MR) is 200 cm³/mol. The summed E-state index contributed by atoms with van der Waals surface area (Å²) in [6, 6.07) is 3.54. The van der Waals surface area contributed by atoms with Gasteiger partial charge in [-0.15, -0.1) is 0 Å². The molecule has 0 aliphatic heterocycles. The SMILES string of the molecule is NC(CCC(=O)NC(CSC(=O)N(O)c1ccc(Br)cc1)C(=O)NCC(=O)O)C(=O)O.O=C(O)CCCCCCC(=O)O.O=C(O)CCCCCCC(=O)O. The number of thioether (sulfide) groups is 1. The number of carboxylic acid groups (broad SMARTS) is 6. The van der Waals surface area contributed by atoms with Crippen LogP contribution in [0, 0.1) is 0 Å². The number of nitrogens with zero attached hydrogens (tertiary/aromatic N) is 1. The average molecular weight is 870 g/mol. The summed E-state index contributed by atoms with van der Waals surface area (Å²) in [6.45, 7) is -0.710. The van der Waals surface area contributed by atoms with Crippen molar-refractivity contribution in [2.75, 3.05) is 17.4 Å². The highest BCUT2D eigenvalue weighted by atomic mass is 79.9. The van der Waals surface area contributed by atoms with Gasteiger partial charge in [-0.2, -0.15) is 5.06 Å². The van der Waals surface area contributed by atoms with Gasteiger partial charge in [0.05, 0.1) is 5.69 Å². The summed E-state index contributed by atoms with van der Waals surface area (Å²) in [5.74, 6) is -7.65. The van der Waals surface area contributed by atoms with Crippen molar-refractivity contribution in [2.24, 2.45) is 5.73 Å². The van der Waals surface area contributed by atoms with Gasteiger partial charge in [0, 0.05) is 42.3 Å². The Balaban J connectivity index is 0. The normalized spacial score (nSPS) is 11.2. The van der Waals surface area contributed by atoms with Crippen LogP contribution in [0.25, 0.3) is 0 Å². The number of benzene rings is 1. The van der Waals surface area contributed by atoms with Crippen molar-refractivity contribution >= 4 is 86.2 Å². The standard InChI is InChI=1S/C17H21BrN4O8S.2C8H14O4/c18-9-1-3-10(4-2-9)22(30)17(29)31-8-12(15(26)20-7-14(24)25)21-13(23)6-5-11(19)16(27)28;2*9-7(10)5-3-1-2-4-6-8(11)12/h1-4,11-12,30H,5-8,19H2,(H,20,26)(H,21,23)(H,24,25)(H,27,28);2*1-6H2,(H,9,10)(H,11,12). The third-order valence-electron chi connectivity index (χ3n) is 6.75. The molecule has 0 heterocycles. The molecule has 0 aliphatic rings. The fourth-order valence-corrected chi connectivity index (χ4v) is 4.90. The Bertz CT molecular complexity index is 1330. The summed E-state index contributed by atoms with van der Waals surface area (Å²) >= 11 is 3.73. The van der Waals surface area contributed by atoms with Crippen molar-refractivity contribution in [2.45, 2.75) is 102 Å². The molecule has 22 heteroatoms. The maximum absolute atomic E-state index is 12.2. The first-order valence-electron chi connectivity index (χ1n) is 16.8. The van der Waals surface area contributed by atoms with Crippen LogP contribution < -0.4 is 21.4 Å². The molecule has 1 aromatic rings. The Morgan fingerprint density at radius 2 is 1.07 bits per heavy atom. The van der Waals surface area contributed by atoms with Crippen molar-refractivity contribution in [3.8, 4) is 0 Å². The second-order valence-electron chi connectivity index (χ2n) is 11.5. The lowest BCUT2D eigenvalue weighted by atomic mass is 10.1. The summed E-state index contributed by atoms with van der Waals surface area (Å²) in [6.07, 6.45) is 6.07. The minimum absolute atomic E-state index is 0.166. The molecule has 0 spiro atoms. The van der Waals surface area contributed by atoms with Crippen LogP contribution in [0.3, 0.4) is 0 Å². The number of carbonyl (C=O) groups is 9. The quantitative estimate of drug-likeness (QED) is 0.0382. The number of carbonyl (C=O) groups excluding carboxylic acids is 3. The number of halogens is 1. The monoisotopic (exact) mass is 868 g/mol. The minimum atomic E-state index is -1.32. The van der Waals surface area contributed by atoms with Gasteiger partial charge in [0.1, 0.15) is 18.6 Å². The van der Waals surface area contributed by atoms with Gasteiger partial charge in [0.2, 0.25) is 11.8 Å². The molecule has 0 aliphatic carbocycles. The van der Waals surface area contributed by atoms with Crippen LogP contribution in [0.5, 0.6) is 0 Å². The highest BCUT2D eigenvalue weighted by Crippen LogP contribution is 2.21. The second kappa shape index (κ2) is 31.5. The van der Waals surface area contributed by atoms with E-state index >= 15 is 0 Å². The number of unbranched alkanes of at least 4 members (excludes halogenated alkanes) is 6. The molecule has 2 unspecified atom stereocenters. The number of amides is 3. The number of hydrogen-bond acceptors (Lipinski definition) is 12. The zero-order valence-corrected chi connectivity index (χ0v) is 32.3. The van der Waals surface area contributed by atoms with E-state index in [9.17, 15) is 48.4 Å². The van der Waals surface area contributed by atoms with Crippen LogP contribution in [0.1, 0.15) is 89.9 Å². The maximum Gasteiger partial charge on any atom is 0.322 e. The molecule has 2 atom stereocenters. The minimum Gasteiger partial charge on any atom is -0.481 e. The van der Waals surface area contributed by atoms with Gasteiger partial charge >= 0.3 is 41.1 Å². The molecule has 0 bridgehead atoms. The molecular weight excluding hydrogens is 820 g/mol. The third kappa shape index (κ3) is 32.4. The van der Waals surface area contributed by atoms with Crippen LogP contribution in [-0.2, 0) is 38.4 Å². The van der Waals surface area contributed by atoms with E-state index in [1.165, 1.54) is 12.1 Å². The Labute approximate surface area is 328 Å². The van der Waals surface area contributed by atoms with Crippen molar-refractivity contribution in [3.63, 3.8) is 0 Å². The van der Waals surface area contributed by atoms with Gasteiger partial charge in [0.25, 0.3) is 0 Å². The molecule has 3 amide bonds. The highest BCUT2D eigenvalue weighted by Gasteiger charge is 2.25. The van der Waals surface area contributed by atoms with E-state index in [-0.39, 0.29) is 50.0 Å². The number of nitrogens with two attached hydrogens (primary N) is 1. The van der Waals surface area contributed by atoms with E-state index in [4.69, 9.17) is 36.4 Å². The molecular formula is C33H49BrN4O16S. The molecule has 0 saturated carbocycles. The van der Waals surface area contributed by atoms with Gasteiger partial charge < -0.3 is 47.0 Å². The van der Waals surface area contributed by atoms with Crippen molar-refractivity contribution in [3.05, 3.63) is 28.7 Å². The summed E-state index contributed by atoms with van der Waals surface area (Å²) in [7, 11) is 0. The number of rotatable bonds is 25. The van der Waals surface area contributed by atoms with Crippen molar-refractivity contribution in [1.29, 1.82) is 0 Å². The first-order valence-corrected chi connectivity index (χ1v) is 18.6. The van der Waals surface area contributed by atoms with Crippen LogP contribution >= 0.6 is 27.7 Å². The van der Waals surface area contributed by atoms with Gasteiger partial charge in [-0.1, -0.05) is 53.4 Å². The lowest BCUT2D eigenvalue weighted by Gasteiger charge is -2.19. The van der Waals surface area contributed by atoms with Gasteiger partial charge in [-0.25, -0.2) is 0 Å². The largest absolute Gasteiger partial charge is 0.481 e. The molecule has 1 aromatic carbocycles. The van der Waals surface area contributed by atoms with Gasteiger partial charge in [0.15, 0.2) is 0 Å². The lowest BCUT2D eigenvalue weighted by molar-refractivity contribution is -0.139. The summed E-state index contributed by atoms with van der Waals surface area (Å²) in [5, 5.41) is 64.4. The Hall–Kier alpha value is -4.80. The van der Waals surface area contributed by atoms with Crippen LogP contribution in [0.4, 0.5) is 10.5 Å². The fraction of sp³-hybridized carbons (Fsp3) is 0.545. The molecule has 0 saturated heterocycles. The second-order valence-corrected chi connectivity index (χ2v) is 13.4. The van der Waals surface area contributed by atoms with E-state index in [1.54, 1.807) is 12.1 Å². The Morgan fingerprint density at radius 3 is 1.44 bits per heavy atom. The topological polar surface area (TPSA) is 349 Å². The van der Waals surface area contributed by atoms with E-state index in [0.717, 1.165) is 30.2 Å². The molecule has 11 N–H and O–H groups in total. The number of nitrogens with one attached hydrogen (secondary N) is 2.